The molecule has 0 aliphatic carbocycles. The van der Waals surface area contributed by atoms with Crippen LogP contribution in [0.5, 0.6) is 5.75 Å². The second-order valence-electron chi connectivity index (χ2n) is 6.14. The maximum absolute atomic E-state index is 13.0. The molecule has 0 saturated heterocycles. The van der Waals surface area contributed by atoms with E-state index in [1.165, 1.54) is 18.6 Å². The topological polar surface area (TPSA) is 81.6 Å². The van der Waals surface area contributed by atoms with Gasteiger partial charge in [0.05, 0.1) is 17.9 Å². The van der Waals surface area contributed by atoms with Crippen LogP contribution < -0.4 is 9.64 Å². The van der Waals surface area contributed by atoms with E-state index in [0.717, 1.165) is 5.56 Å². The van der Waals surface area contributed by atoms with Gasteiger partial charge in [-0.3, -0.25) is 14.7 Å². The Morgan fingerprint density at radius 1 is 1.07 bits per heavy atom. The standard InChI is InChI=1S/C21H17N3O4/c25-20(14-28-21(26)16-12-22-10-11-23-16)24-17-8-4-5-9-19(17)27-13-18(24)15-6-2-1-3-7-15/h1-12,18H,13-14H2/t18-/m0/s1. The molecule has 2 heterocycles. The fourth-order valence-corrected chi connectivity index (χ4v) is 3.09. The minimum atomic E-state index is -0.695. The molecule has 0 spiro atoms. The summed E-state index contributed by atoms with van der Waals surface area (Å²) in [6, 6.07) is 16.6. The van der Waals surface area contributed by atoms with Crippen molar-refractivity contribution in [3.8, 4) is 5.75 Å². The van der Waals surface area contributed by atoms with E-state index in [1.807, 2.05) is 54.6 Å². The van der Waals surface area contributed by atoms with Crippen LogP contribution in [0.15, 0.2) is 73.2 Å². The number of esters is 1. The minimum Gasteiger partial charge on any atom is -0.489 e. The van der Waals surface area contributed by atoms with E-state index in [0.29, 0.717) is 18.0 Å². The molecule has 1 aliphatic rings. The number of hydrogen-bond acceptors (Lipinski definition) is 6. The highest BCUT2D eigenvalue weighted by molar-refractivity contribution is 5.98. The Morgan fingerprint density at radius 2 is 1.86 bits per heavy atom. The molecule has 0 saturated carbocycles. The van der Waals surface area contributed by atoms with Crippen LogP contribution in [0.2, 0.25) is 0 Å². The summed E-state index contributed by atoms with van der Waals surface area (Å²) in [5, 5.41) is 0. The molecule has 0 bridgehead atoms. The lowest BCUT2D eigenvalue weighted by molar-refractivity contribution is -0.122. The summed E-state index contributed by atoms with van der Waals surface area (Å²) in [6.07, 6.45) is 4.14. The van der Waals surface area contributed by atoms with Gasteiger partial charge >= 0.3 is 5.97 Å². The Hall–Kier alpha value is -3.74. The van der Waals surface area contributed by atoms with Gasteiger partial charge in [-0.25, -0.2) is 9.78 Å². The van der Waals surface area contributed by atoms with Crippen LogP contribution in [0.4, 0.5) is 5.69 Å². The summed E-state index contributed by atoms with van der Waals surface area (Å²) >= 11 is 0. The zero-order valence-electron chi connectivity index (χ0n) is 14.9. The molecule has 1 aliphatic heterocycles. The van der Waals surface area contributed by atoms with Crippen molar-refractivity contribution < 1.29 is 19.1 Å². The normalized spacial score (nSPS) is 15.3. The van der Waals surface area contributed by atoms with E-state index in [1.54, 1.807) is 4.90 Å². The molecule has 7 heteroatoms. The summed E-state index contributed by atoms with van der Waals surface area (Å²) in [5.74, 6) is -0.426. The van der Waals surface area contributed by atoms with Gasteiger partial charge in [-0.1, -0.05) is 42.5 Å². The number of hydrogen-bond donors (Lipinski definition) is 0. The van der Waals surface area contributed by atoms with Crippen molar-refractivity contribution in [1.82, 2.24) is 9.97 Å². The molecule has 0 N–H and O–H groups in total. The molecule has 0 unspecified atom stereocenters. The number of carbonyl (C=O) groups is 2. The molecule has 1 atom stereocenters. The molecule has 28 heavy (non-hydrogen) atoms. The number of fused-ring (bicyclic) bond motifs is 1. The first-order chi connectivity index (χ1) is 13.7. The molecule has 4 rings (SSSR count). The molecule has 0 radical (unpaired) electrons. The molecule has 1 amide bonds. The number of aromatic nitrogens is 2. The van der Waals surface area contributed by atoms with Crippen molar-refractivity contribution in [2.75, 3.05) is 18.1 Å². The van der Waals surface area contributed by atoms with Crippen LogP contribution in [0.3, 0.4) is 0 Å². The predicted molar refractivity (Wildman–Crippen MR) is 101 cm³/mol. The summed E-state index contributed by atoms with van der Waals surface area (Å²) < 4.78 is 11.0. The van der Waals surface area contributed by atoms with Crippen molar-refractivity contribution in [2.45, 2.75) is 6.04 Å². The van der Waals surface area contributed by atoms with E-state index in [9.17, 15) is 9.59 Å². The SMILES string of the molecule is O=C(OCC(=O)N1c2ccccc2OC[C@H]1c1ccccc1)c1cnccn1. The number of anilines is 1. The Labute approximate surface area is 161 Å². The third-order valence-electron chi connectivity index (χ3n) is 4.39. The van der Waals surface area contributed by atoms with E-state index < -0.39 is 12.6 Å². The van der Waals surface area contributed by atoms with Crippen LogP contribution in [0.1, 0.15) is 22.1 Å². The van der Waals surface area contributed by atoms with E-state index >= 15 is 0 Å². The molecule has 7 nitrogen and oxygen atoms in total. The van der Waals surface area contributed by atoms with Gasteiger partial charge in [-0.05, 0) is 17.7 Å². The van der Waals surface area contributed by atoms with Crippen LogP contribution in [0.25, 0.3) is 0 Å². The van der Waals surface area contributed by atoms with Gasteiger partial charge < -0.3 is 9.47 Å². The van der Waals surface area contributed by atoms with Gasteiger partial charge in [0.25, 0.3) is 5.91 Å². The van der Waals surface area contributed by atoms with Crippen LogP contribution in [-0.4, -0.2) is 35.1 Å². The van der Waals surface area contributed by atoms with Crippen molar-refractivity contribution in [2.24, 2.45) is 0 Å². The first-order valence-electron chi connectivity index (χ1n) is 8.76. The van der Waals surface area contributed by atoms with E-state index in [2.05, 4.69) is 9.97 Å². The van der Waals surface area contributed by atoms with Crippen LogP contribution in [-0.2, 0) is 9.53 Å². The first kappa shape index (κ1) is 17.7. The predicted octanol–water partition coefficient (Wildman–Crippen LogP) is 2.80. The lowest BCUT2D eigenvalue weighted by atomic mass is 10.0. The van der Waals surface area contributed by atoms with Crippen molar-refractivity contribution >= 4 is 17.6 Å². The average Bonchev–Trinajstić information content (AvgIpc) is 2.77. The number of benzene rings is 2. The minimum absolute atomic E-state index is 0.0530. The third-order valence-corrected chi connectivity index (χ3v) is 4.39. The van der Waals surface area contributed by atoms with Crippen molar-refractivity contribution in [3.63, 3.8) is 0 Å². The molecule has 1 aromatic heterocycles. The highest BCUT2D eigenvalue weighted by atomic mass is 16.5. The van der Waals surface area contributed by atoms with Gasteiger partial charge in [0, 0.05) is 12.4 Å². The fraction of sp³-hybridized carbons (Fsp3) is 0.143. The number of para-hydroxylation sites is 2. The molecule has 2 aromatic carbocycles. The maximum atomic E-state index is 13.0. The Kier molecular flexibility index (Phi) is 4.97. The number of amides is 1. The summed E-state index contributed by atoms with van der Waals surface area (Å²) in [5.41, 5.74) is 1.63. The smallest absolute Gasteiger partial charge is 0.359 e. The molecule has 3 aromatic rings. The van der Waals surface area contributed by atoms with Gasteiger partial charge in [-0.15, -0.1) is 0 Å². The van der Waals surface area contributed by atoms with Gasteiger partial charge in [0.2, 0.25) is 0 Å². The summed E-state index contributed by atoms with van der Waals surface area (Å²) in [6.45, 7) is -0.0993. The van der Waals surface area contributed by atoms with Crippen LogP contribution in [0, 0.1) is 0 Å². The molecular weight excluding hydrogens is 358 g/mol. The quantitative estimate of drug-likeness (QED) is 0.652. The zero-order chi connectivity index (χ0) is 19.3. The highest BCUT2D eigenvalue weighted by Gasteiger charge is 2.33. The van der Waals surface area contributed by atoms with Gasteiger partial charge in [0.15, 0.2) is 12.3 Å². The van der Waals surface area contributed by atoms with Crippen molar-refractivity contribution in [1.29, 1.82) is 0 Å². The molecular formula is C21H17N3O4. The second kappa shape index (κ2) is 7.87. The lowest BCUT2D eigenvalue weighted by Crippen LogP contribution is -2.43. The highest BCUT2D eigenvalue weighted by Crippen LogP contribution is 2.39. The van der Waals surface area contributed by atoms with E-state index in [-0.39, 0.29) is 17.6 Å². The number of ether oxygens (including phenoxy) is 2. The van der Waals surface area contributed by atoms with Gasteiger partial charge in [-0.2, -0.15) is 0 Å². The van der Waals surface area contributed by atoms with Crippen molar-refractivity contribution in [3.05, 3.63) is 84.4 Å². The summed E-state index contributed by atoms with van der Waals surface area (Å²) in [7, 11) is 0. The van der Waals surface area contributed by atoms with Gasteiger partial charge in [0.1, 0.15) is 12.4 Å². The largest absolute Gasteiger partial charge is 0.489 e. The molecule has 0 fully saturated rings. The zero-order valence-corrected chi connectivity index (χ0v) is 14.9. The first-order valence-corrected chi connectivity index (χ1v) is 8.76. The molecule has 140 valence electrons. The Bertz CT molecular complexity index is 979. The monoisotopic (exact) mass is 375 g/mol. The Balaban J connectivity index is 1.58. The average molecular weight is 375 g/mol. The number of carbonyl (C=O) groups excluding carboxylic acids is 2. The fourth-order valence-electron chi connectivity index (χ4n) is 3.09. The summed E-state index contributed by atoms with van der Waals surface area (Å²) in [4.78, 5) is 34.5. The maximum Gasteiger partial charge on any atom is 0.359 e. The Morgan fingerprint density at radius 3 is 2.64 bits per heavy atom. The number of nitrogens with zero attached hydrogens (tertiary/aromatic N) is 3. The lowest BCUT2D eigenvalue weighted by Gasteiger charge is -2.37. The van der Waals surface area contributed by atoms with Crippen LogP contribution >= 0.6 is 0 Å². The van der Waals surface area contributed by atoms with E-state index in [4.69, 9.17) is 9.47 Å². The second-order valence-corrected chi connectivity index (χ2v) is 6.14. The number of rotatable bonds is 4. The third kappa shape index (κ3) is 3.55.